The Balaban J connectivity index is 2.06. The van der Waals surface area contributed by atoms with Gasteiger partial charge in [-0.25, -0.2) is 9.18 Å². The number of anilines is 1. The number of nitrogen functional groups attached to an aromatic ring is 1. The highest BCUT2D eigenvalue weighted by molar-refractivity contribution is 9.10. The lowest BCUT2D eigenvalue weighted by Gasteiger charge is -2.08. The number of hydrogen-bond donors (Lipinski definition) is 1. The number of ether oxygens (including phenoxy) is 1. The summed E-state index contributed by atoms with van der Waals surface area (Å²) in [5.74, 6) is -0.787. The fourth-order valence-corrected chi connectivity index (χ4v) is 2.13. The van der Waals surface area contributed by atoms with Crippen molar-refractivity contribution < 1.29 is 13.9 Å². The minimum absolute atomic E-state index is 0.0725. The third kappa shape index (κ3) is 3.36. The van der Waals surface area contributed by atoms with E-state index in [1.807, 2.05) is 6.92 Å². The molecule has 0 fully saturated rings. The maximum atomic E-state index is 12.9. The average Bonchev–Trinajstić information content (AvgIpc) is 2.40. The summed E-state index contributed by atoms with van der Waals surface area (Å²) in [6, 6.07) is 9.18. The van der Waals surface area contributed by atoms with Crippen molar-refractivity contribution in [1.82, 2.24) is 0 Å². The molecule has 2 rings (SSSR count). The van der Waals surface area contributed by atoms with E-state index in [0.29, 0.717) is 21.3 Å². The van der Waals surface area contributed by atoms with E-state index in [1.54, 1.807) is 24.3 Å². The van der Waals surface area contributed by atoms with Gasteiger partial charge in [-0.2, -0.15) is 0 Å². The van der Waals surface area contributed by atoms with Gasteiger partial charge < -0.3 is 10.5 Å². The molecule has 104 valence electrons. The second-order valence-electron chi connectivity index (χ2n) is 4.38. The molecule has 0 amide bonds. The summed E-state index contributed by atoms with van der Waals surface area (Å²) in [6.45, 7) is 1.89. The lowest BCUT2D eigenvalue weighted by molar-refractivity contribution is 0.0472. The summed E-state index contributed by atoms with van der Waals surface area (Å²) in [7, 11) is 0. The zero-order valence-electron chi connectivity index (χ0n) is 10.8. The van der Waals surface area contributed by atoms with Gasteiger partial charge in [-0.15, -0.1) is 0 Å². The number of hydrogen-bond acceptors (Lipinski definition) is 3. The monoisotopic (exact) mass is 337 g/mol. The van der Waals surface area contributed by atoms with Gasteiger partial charge in [-0.05, 0) is 42.8 Å². The van der Waals surface area contributed by atoms with Crippen LogP contribution in [0.15, 0.2) is 40.9 Å². The molecule has 0 radical (unpaired) electrons. The molecule has 0 saturated carbocycles. The smallest absolute Gasteiger partial charge is 0.338 e. The Labute approximate surface area is 124 Å². The summed E-state index contributed by atoms with van der Waals surface area (Å²) in [4.78, 5) is 11.9. The molecular weight excluding hydrogens is 325 g/mol. The average molecular weight is 338 g/mol. The first-order valence-corrected chi connectivity index (χ1v) is 6.74. The van der Waals surface area contributed by atoms with Crippen molar-refractivity contribution in [1.29, 1.82) is 0 Å². The fraction of sp³-hybridized carbons (Fsp3) is 0.133. The number of aryl methyl sites for hydroxylation is 1. The number of nitrogens with two attached hydrogens (primary N) is 1. The van der Waals surface area contributed by atoms with Crippen LogP contribution in [0.3, 0.4) is 0 Å². The van der Waals surface area contributed by atoms with Gasteiger partial charge >= 0.3 is 5.97 Å². The van der Waals surface area contributed by atoms with Gasteiger partial charge in [0.25, 0.3) is 0 Å². The standard InChI is InChI=1S/C15H13BrFNO2/c1-9-6-10(3-5-14(9)18)15(19)20-8-11-2-4-12(17)7-13(11)16/h2-7H,8,18H2,1H3. The summed E-state index contributed by atoms with van der Waals surface area (Å²) in [6.07, 6.45) is 0. The summed E-state index contributed by atoms with van der Waals surface area (Å²) in [5, 5.41) is 0. The predicted octanol–water partition coefficient (Wildman–Crippen LogP) is 3.84. The predicted molar refractivity (Wildman–Crippen MR) is 78.8 cm³/mol. The first-order chi connectivity index (χ1) is 9.47. The summed E-state index contributed by atoms with van der Waals surface area (Å²) in [5.41, 5.74) is 8.28. The Bertz CT molecular complexity index is 658. The Kier molecular flexibility index (Phi) is 4.39. The lowest BCUT2D eigenvalue weighted by atomic mass is 10.1. The molecule has 2 N–H and O–H groups in total. The van der Waals surface area contributed by atoms with Crippen molar-refractivity contribution in [2.24, 2.45) is 0 Å². The highest BCUT2D eigenvalue weighted by atomic mass is 79.9. The van der Waals surface area contributed by atoms with E-state index >= 15 is 0 Å². The van der Waals surface area contributed by atoms with Crippen molar-refractivity contribution in [2.45, 2.75) is 13.5 Å². The maximum absolute atomic E-state index is 12.9. The number of carbonyl (C=O) groups excluding carboxylic acids is 1. The van der Waals surface area contributed by atoms with Crippen LogP contribution in [0.2, 0.25) is 0 Å². The quantitative estimate of drug-likeness (QED) is 0.683. The molecular formula is C15H13BrFNO2. The van der Waals surface area contributed by atoms with Crippen molar-refractivity contribution in [2.75, 3.05) is 5.73 Å². The van der Waals surface area contributed by atoms with Crippen LogP contribution in [0.25, 0.3) is 0 Å². The third-order valence-corrected chi connectivity index (χ3v) is 3.62. The number of esters is 1. The zero-order chi connectivity index (χ0) is 14.7. The number of halogens is 2. The topological polar surface area (TPSA) is 52.3 Å². The van der Waals surface area contributed by atoms with Crippen LogP contribution < -0.4 is 5.73 Å². The van der Waals surface area contributed by atoms with E-state index in [2.05, 4.69) is 15.9 Å². The van der Waals surface area contributed by atoms with Crippen LogP contribution in [0.4, 0.5) is 10.1 Å². The van der Waals surface area contributed by atoms with Crippen LogP contribution in [0.1, 0.15) is 21.5 Å². The van der Waals surface area contributed by atoms with E-state index in [9.17, 15) is 9.18 Å². The molecule has 0 unspecified atom stereocenters. The number of benzene rings is 2. The van der Waals surface area contributed by atoms with Gasteiger partial charge in [0.1, 0.15) is 12.4 Å². The van der Waals surface area contributed by atoms with Crippen molar-refractivity contribution in [3.05, 3.63) is 63.4 Å². The molecule has 0 aliphatic carbocycles. The van der Waals surface area contributed by atoms with Gasteiger partial charge in [0.2, 0.25) is 0 Å². The molecule has 2 aromatic rings. The maximum Gasteiger partial charge on any atom is 0.338 e. The van der Waals surface area contributed by atoms with Gasteiger partial charge in [-0.3, -0.25) is 0 Å². The second-order valence-corrected chi connectivity index (χ2v) is 5.24. The van der Waals surface area contributed by atoms with Gasteiger partial charge in [0, 0.05) is 15.7 Å². The fourth-order valence-electron chi connectivity index (χ4n) is 1.67. The van der Waals surface area contributed by atoms with E-state index < -0.39 is 5.97 Å². The first-order valence-electron chi connectivity index (χ1n) is 5.94. The molecule has 5 heteroatoms. The lowest BCUT2D eigenvalue weighted by Crippen LogP contribution is -2.06. The molecule has 20 heavy (non-hydrogen) atoms. The number of carbonyl (C=O) groups is 1. The van der Waals surface area contributed by atoms with E-state index in [-0.39, 0.29) is 12.4 Å². The molecule has 0 spiro atoms. The Morgan fingerprint density at radius 1 is 1.30 bits per heavy atom. The highest BCUT2D eigenvalue weighted by Gasteiger charge is 2.10. The van der Waals surface area contributed by atoms with Gasteiger partial charge in [-0.1, -0.05) is 22.0 Å². The normalized spacial score (nSPS) is 10.3. The van der Waals surface area contributed by atoms with Crippen LogP contribution in [-0.4, -0.2) is 5.97 Å². The second kappa shape index (κ2) is 6.05. The van der Waals surface area contributed by atoms with Crippen LogP contribution in [0, 0.1) is 12.7 Å². The van der Waals surface area contributed by atoms with Crippen LogP contribution in [0.5, 0.6) is 0 Å². The molecule has 0 aliphatic rings. The van der Waals surface area contributed by atoms with E-state index in [0.717, 1.165) is 5.56 Å². The zero-order valence-corrected chi connectivity index (χ0v) is 12.4. The Morgan fingerprint density at radius 3 is 2.70 bits per heavy atom. The Hall–Kier alpha value is -1.88. The Morgan fingerprint density at radius 2 is 2.05 bits per heavy atom. The van der Waals surface area contributed by atoms with Crippen LogP contribution in [-0.2, 0) is 11.3 Å². The molecule has 0 aliphatic heterocycles. The molecule has 0 bridgehead atoms. The SMILES string of the molecule is Cc1cc(C(=O)OCc2ccc(F)cc2Br)ccc1N. The van der Waals surface area contributed by atoms with Crippen molar-refractivity contribution in [3.63, 3.8) is 0 Å². The van der Waals surface area contributed by atoms with E-state index in [1.165, 1.54) is 12.1 Å². The first kappa shape index (κ1) is 14.5. The van der Waals surface area contributed by atoms with Gasteiger partial charge in [0.15, 0.2) is 0 Å². The summed E-state index contributed by atoms with van der Waals surface area (Å²) >= 11 is 3.23. The molecule has 0 aromatic heterocycles. The minimum atomic E-state index is -0.440. The highest BCUT2D eigenvalue weighted by Crippen LogP contribution is 2.20. The molecule has 0 atom stereocenters. The van der Waals surface area contributed by atoms with Crippen molar-refractivity contribution >= 4 is 27.6 Å². The number of rotatable bonds is 3. The molecule has 2 aromatic carbocycles. The van der Waals surface area contributed by atoms with E-state index in [4.69, 9.17) is 10.5 Å². The summed E-state index contributed by atoms with van der Waals surface area (Å²) < 4.78 is 18.7. The molecule has 3 nitrogen and oxygen atoms in total. The largest absolute Gasteiger partial charge is 0.457 e. The van der Waals surface area contributed by atoms with Gasteiger partial charge in [0.05, 0.1) is 5.56 Å². The third-order valence-electron chi connectivity index (χ3n) is 2.88. The molecule has 0 heterocycles. The van der Waals surface area contributed by atoms with Crippen LogP contribution >= 0.6 is 15.9 Å². The minimum Gasteiger partial charge on any atom is -0.457 e. The molecule has 0 saturated heterocycles. The van der Waals surface area contributed by atoms with Crippen molar-refractivity contribution in [3.8, 4) is 0 Å².